The van der Waals surface area contributed by atoms with Gasteiger partial charge in [0, 0.05) is 10.6 Å². The molecular weight excluding hydrogens is 279 g/mol. The van der Waals surface area contributed by atoms with Crippen molar-refractivity contribution >= 4 is 27.5 Å². The second-order valence-electron chi connectivity index (χ2n) is 4.23. The van der Waals surface area contributed by atoms with Crippen LogP contribution in [0.2, 0.25) is 5.02 Å². The van der Waals surface area contributed by atoms with Gasteiger partial charge in [0.1, 0.15) is 11.4 Å². The number of hydrogen-bond acceptors (Lipinski definition) is 2. The Hall–Kier alpha value is -0.250. The predicted octanol–water partition coefficient (Wildman–Crippen LogP) is 3.31. The fourth-order valence-corrected chi connectivity index (χ4v) is 2.28. The van der Waals surface area contributed by atoms with Gasteiger partial charge in [0.15, 0.2) is 0 Å². The van der Waals surface area contributed by atoms with Gasteiger partial charge in [0.05, 0.1) is 10.9 Å². The lowest BCUT2D eigenvalue weighted by molar-refractivity contribution is 0.0226. The minimum atomic E-state index is -0.595. The molecular formula is C11H12BrClO2. The van der Waals surface area contributed by atoms with Crippen LogP contribution in [0.5, 0.6) is 5.75 Å². The molecule has 4 heteroatoms. The first-order chi connectivity index (χ1) is 6.92. The molecule has 1 aliphatic heterocycles. The van der Waals surface area contributed by atoms with E-state index < -0.39 is 11.7 Å². The van der Waals surface area contributed by atoms with Crippen molar-refractivity contribution in [2.24, 2.45) is 0 Å². The second-order valence-corrected chi connectivity index (χ2v) is 5.66. The van der Waals surface area contributed by atoms with E-state index in [-0.39, 0.29) is 4.83 Å². The van der Waals surface area contributed by atoms with Gasteiger partial charge in [0.25, 0.3) is 0 Å². The Morgan fingerprint density at radius 3 is 2.80 bits per heavy atom. The van der Waals surface area contributed by atoms with Crippen molar-refractivity contribution in [3.8, 4) is 5.75 Å². The van der Waals surface area contributed by atoms with Crippen LogP contribution in [0.15, 0.2) is 18.2 Å². The van der Waals surface area contributed by atoms with Crippen LogP contribution in [0, 0.1) is 0 Å². The SMILES string of the molecule is CC1(C)Oc2ccc(Cl)cc2C(O)C1Br. The first-order valence-corrected chi connectivity index (χ1v) is 6.02. The number of aliphatic hydroxyl groups excluding tert-OH is 1. The summed E-state index contributed by atoms with van der Waals surface area (Å²) in [7, 11) is 0. The number of halogens is 2. The van der Waals surface area contributed by atoms with Crippen molar-refractivity contribution < 1.29 is 9.84 Å². The van der Waals surface area contributed by atoms with Gasteiger partial charge in [0.2, 0.25) is 0 Å². The summed E-state index contributed by atoms with van der Waals surface area (Å²) in [5.41, 5.74) is 0.309. The Balaban J connectivity index is 2.50. The highest BCUT2D eigenvalue weighted by molar-refractivity contribution is 9.09. The molecule has 2 nitrogen and oxygen atoms in total. The number of ether oxygens (including phenoxy) is 1. The van der Waals surface area contributed by atoms with Crippen molar-refractivity contribution in [1.82, 2.24) is 0 Å². The molecule has 0 spiro atoms. The topological polar surface area (TPSA) is 29.5 Å². The van der Waals surface area contributed by atoms with E-state index >= 15 is 0 Å². The summed E-state index contributed by atoms with van der Waals surface area (Å²) in [6.45, 7) is 3.88. The van der Waals surface area contributed by atoms with Crippen LogP contribution in [0.1, 0.15) is 25.5 Å². The van der Waals surface area contributed by atoms with Crippen LogP contribution < -0.4 is 4.74 Å². The number of benzene rings is 1. The minimum Gasteiger partial charge on any atom is -0.486 e. The average molecular weight is 292 g/mol. The fraction of sp³-hybridized carbons (Fsp3) is 0.455. The molecule has 0 aromatic heterocycles. The molecule has 2 unspecified atom stereocenters. The molecule has 2 atom stereocenters. The lowest BCUT2D eigenvalue weighted by Gasteiger charge is -2.40. The summed E-state index contributed by atoms with van der Waals surface area (Å²) >= 11 is 9.33. The monoisotopic (exact) mass is 290 g/mol. The van der Waals surface area contributed by atoms with Gasteiger partial charge in [-0.25, -0.2) is 0 Å². The van der Waals surface area contributed by atoms with Crippen LogP contribution in [-0.4, -0.2) is 15.5 Å². The van der Waals surface area contributed by atoms with Crippen LogP contribution in [0.25, 0.3) is 0 Å². The van der Waals surface area contributed by atoms with Gasteiger partial charge in [-0.2, -0.15) is 0 Å². The molecule has 1 N–H and O–H groups in total. The van der Waals surface area contributed by atoms with Crippen LogP contribution in [-0.2, 0) is 0 Å². The highest BCUT2D eigenvalue weighted by Crippen LogP contribution is 2.43. The molecule has 2 rings (SSSR count). The van der Waals surface area contributed by atoms with Crippen molar-refractivity contribution in [1.29, 1.82) is 0 Å². The maximum Gasteiger partial charge on any atom is 0.126 e. The van der Waals surface area contributed by atoms with Gasteiger partial charge in [-0.3, -0.25) is 0 Å². The highest BCUT2D eigenvalue weighted by atomic mass is 79.9. The van der Waals surface area contributed by atoms with E-state index in [1.54, 1.807) is 18.2 Å². The summed E-state index contributed by atoms with van der Waals surface area (Å²) in [4.78, 5) is -0.143. The van der Waals surface area contributed by atoms with Crippen molar-refractivity contribution in [2.75, 3.05) is 0 Å². The minimum absolute atomic E-state index is 0.143. The number of rotatable bonds is 0. The second kappa shape index (κ2) is 3.65. The molecule has 1 aromatic rings. The van der Waals surface area contributed by atoms with Crippen molar-refractivity contribution in [3.63, 3.8) is 0 Å². The van der Waals surface area contributed by atoms with Crippen molar-refractivity contribution in [3.05, 3.63) is 28.8 Å². The lowest BCUT2D eigenvalue weighted by atomic mass is 9.92. The van der Waals surface area contributed by atoms with E-state index in [1.807, 2.05) is 13.8 Å². The average Bonchev–Trinajstić information content (AvgIpc) is 2.16. The Kier molecular flexibility index (Phi) is 2.73. The Labute approximate surface area is 102 Å². The molecule has 1 aromatic carbocycles. The van der Waals surface area contributed by atoms with E-state index in [0.717, 1.165) is 5.56 Å². The number of alkyl halides is 1. The first-order valence-electron chi connectivity index (χ1n) is 4.72. The predicted molar refractivity (Wildman–Crippen MR) is 63.8 cm³/mol. The van der Waals surface area contributed by atoms with Gasteiger partial charge >= 0.3 is 0 Å². The number of fused-ring (bicyclic) bond motifs is 1. The van der Waals surface area contributed by atoms with Crippen LogP contribution in [0.4, 0.5) is 0 Å². The lowest BCUT2D eigenvalue weighted by Crippen LogP contribution is -2.45. The van der Waals surface area contributed by atoms with E-state index in [4.69, 9.17) is 16.3 Å². The highest BCUT2D eigenvalue weighted by Gasteiger charge is 2.41. The maximum atomic E-state index is 10.1. The quantitative estimate of drug-likeness (QED) is 0.743. The van der Waals surface area contributed by atoms with Gasteiger partial charge < -0.3 is 9.84 Å². The summed E-state index contributed by atoms with van der Waals surface area (Å²) in [5, 5.41) is 10.7. The molecule has 0 radical (unpaired) electrons. The molecule has 0 saturated carbocycles. The fourth-order valence-electron chi connectivity index (χ4n) is 1.72. The van der Waals surface area contributed by atoms with Crippen LogP contribution >= 0.6 is 27.5 Å². The summed E-state index contributed by atoms with van der Waals surface area (Å²) in [5.74, 6) is 0.701. The van der Waals surface area contributed by atoms with Gasteiger partial charge in [-0.15, -0.1) is 0 Å². The zero-order chi connectivity index (χ0) is 11.2. The van der Waals surface area contributed by atoms with Gasteiger partial charge in [-0.1, -0.05) is 27.5 Å². The molecule has 1 heterocycles. The Morgan fingerprint density at radius 2 is 2.13 bits per heavy atom. The van der Waals surface area contributed by atoms with E-state index in [9.17, 15) is 5.11 Å². The molecule has 0 aliphatic carbocycles. The molecule has 15 heavy (non-hydrogen) atoms. The molecule has 82 valence electrons. The zero-order valence-corrected chi connectivity index (χ0v) is 10.8. The van der Waals surface area contributed by atoms with E-state index in [2.05, 4.69) is 15.9 Å². The first kappa shape index (κ1) is 11.2. The molecule has 0 fully saturated rings. The van der Waals surface area contributed by atoms with Gasteiger partial charge in [-0.05, 0) is 32.0 Å². The number of hydrogen-bond donors (Lipinski definition) is 1. The summed E-state index contributed by atoms with van der Waals surface area (Å²) in [6, 6.07) is 5.30. The maximum absolute atomic E-state index is 10.1. The third kappa shape index (κ3) is 1.88. The number of aliphatic hydroxyl groups is 1. The summed E-state index contributed by atoms with van der Waals surface area (Å²) in [6.07, 6.45) is -0.595. The Morgan fingerprint density at radius 1 is 1.47 bits per heavy atom. The van der Waals surface area contributed by atoms with Crippen LogP contribution in [0.3, 0.4) is 0 Å². The molecule has 0 saturated heterocycles. The third-order valence-electron chi connectivity index (χ3n) is 2.60. The molecule has 1 aliphatic rings. The smallest absolute Gasteiger partial charge is 0.126 e. The van der Waals surface area contributed by atoms with E-state index in [1.165, 1.54) is 0 Å². The molecule has 0 bridgehead atoms. The van der Waals surface area contributed by atoms with E-state index in [0.29, 0.717) is 10.8 Å². The largest absolute Gasteiger partial charge is 0.486 e. The standard InChI is InChI=1S/C11H12BrClO2/c1-11(2)10(12)9(14)7-5-6(13)3-4-8(7)15-11/h3-5,9-10,14H,1-2H3. The molecule has 0 amide bonds. The Bertz CT molecular complexity index is 392. The van der Waals surface area contributed by atoms with Crippen molar-refractivity contribution in [2.45, 2.75) is 30.4 Å². The summed E-state index contributed by atoms with van der Waals surface area (Å²) < 4.78 is 5.79. The normalized spacial score (nSPS) is 28.1. The zero-order valence-electron chi connectivity index (χ0n) is 8.50. The third-order valence-corrected chi connectivity index (χ3v) is 4.44.